The third kappa shape index (κ3) is 3.23. The first-order valence-electron chi connectivity index (χ1n) is 6.49. The number of carbonyl (C=O) groups is 1. The van der Waals surface area contributed by atoms with Crippen LogP contribution in [0.4, 0.5) is 4.79 Å². The second-order valence-corrected chi connectivity index (χ2v) is 5.02. The molecule has 1 aromatic carbocycles. The first kappa shape index (κ1) is 12.9. The smallest absolute Gasteiger partial charge is 0.317 e. The van der Waals surface area contributed by atoms with Crippen LogP contribution in [0, 0.1) is 5.92 Å². The predicted octanol–water partition coefficient (Wildman–Crippen LogP) is 1.57. The quantitative estimate of drug-likeness (QED) is 0.833. The maximum Gasteiger partial charge on any atom is 0.317 e. The highest BCUT2D eigenvalue weighted by Crippen LogP contribution is 2.15. The molecule has 2 rings (SSSR count). The summed E-state index contributed by atoms with van der Waals surface area (Å²) >= 11 is 0. The summed E-state index contributed by atoms with van der Waals surface area (Å²) in [5.74, 6) is 0.503. The minimum atomic E-state index is -0.0128. The number of rotatable bonds is 2. The molecule has 4 nitrogen and oxygen atoms in total. The van der Waals surface area contributed by atoms with Crippen LogP contribution in [-0.4, -0.2) is 30.1 Å². The molecule has 0 spiro atoms. The third-order valence-electron chi connectivity index (χ3n) is 3.59. The summed E-state index contributed by atoms with van der Waals surface area (Å²) in [4.78, 5) is 13.8. The number of urea groups is 1. The van der Waals surface area contributed by atoms with Gasteiger partial charge in [-0.1, -0.05) is 37.3 Å². The van der Waals surface area contributed by atoms with E-state index in [9.17, 15) is 4.79 Å². The molecule has 1 aliphatic rings. The lowest BCUT2D eigenvalue weighted by atomic mass is 9.94. The molecule has 98 valence electrons. The first-order chi connectivity index (χ1) is 8.66. The van der Waals surface area contributed by atoms with Crippen molar-refractivity contribution in [1.29, 1.82) is 0 Å². The number of carbonyl (C=O) groups excluding carboxylic acids is 1. The molecule has 2 atom stereocenters. The minimum Gasteiger partial charge on any atom is -0.334 e. The number of likely N-dealkylation sites (tertiary alicyclic amines) is 1. The Morgan fingerprint density at radius 1 is 1.44 bits per heavy atom. The molecular weight excluding hydrogens is 226 g/mol. The number of piperidine rings is 1. The number of nitrogens with two attached hydrogens (primary N) is 1. The van der Waals surface area contributed by atoms with Crippen LogP contribution in [0.5, 0.6) is 0 Å². The summed E-state index contributed by atoms with van der Waals surface area (Å²) in [6.07, 6.45) is 0.986. The Morgan fingerprint density at radius 3 is 2.83 bits per heavy atom. The number of hydrogen-bond acceptors (Lipinski definition) is 2. The topological polar surface area (TPSA) is 58.4 Å². The zero-order valence-corrected chi connectivity index (χ0v) is 10.8. The average molecular weight is 247 g/mol. The van der Waals surface area contributed by atoms with Gasteiger partial charge in [-0.3, -0.25) is 0 Å². The fraction of sp³-hybridized carbons (Fsp3) is 0.500. The summed E-state index contributed by atoms with van der Waals surface area (Å²) in [7, 11) is 0. The van der Waals surface area contributed by atoms with E-state index in [0.29, 0.717) is 19.0 Å². The van der Waals surface area contributed by atoms with Gasteiger partial charge in [0, 0.05) is 25.7 Å². The van der Waals surface area contributed by atoms with Gasteiger partial charge in [0.15, 0.2) is 0 Å². The van der Waals surface area contributed by atoms with E-state index in [1.165, 1.54) is 0 Å². The summed E-state index contributed by atoms with van der Waals surface area (Å²) in [5, 5.41) is 2.94. The zero-order valence-electron chi connectivity index (χ0n) is 10.8. The standard InChI is InChI=1S/C14H21N3O/c1-11-7-8-17(10-13(11)15)14(18)16-9-12-5-3-2-4-6-12/h2-6,11,13H,7-10,15H2,1H3,(H,16,18). The normalized spacial score (nSPS) is 23.8. The van der Waals surface area contributed by atoms with Crippen molar-refractivity contribution in [3.8, 4) is 0 Å². The van der Waals surface area contributed by atoms with Crippen molar-refractivity contribution in [1.82, 2.24) is 10.2 Å². The number of amides is 2. The van der Waals surface area contributed by atoms with E-state index >= 15 is 0 Å². The number of nitrogens with zero attached hydrogens (tertiary/aromatic N) is 1. The third-order valence-corrected chi connectivity index (χ3v) is 3.59. The Bertz CT molecular complexity index is 393. The van der Waals surface area contributed by atoms with Crippen molar-refractivity contribution in [3.63, 3.8) is 0 Å². The fourth-order valence-corrected chi connectivity index (χ4v) is 2.17. The Balaban J connectivity index is 1.82. The molecule has 2 amide bonds. The van der Waals surface area contributed by atoms with Crippen LogP contribution >= 0.6 is 0 Å². The highest BCUT2D eigenvalue weighted by molar-refractivity contribution is 5.74. The van der Waals surface area contributed by atoms with Crippen LogP contribution < -0.4 is 11.1 Å². The molecule has 0 aromatic heterocycles. The van der Waals surface area contributed by atoms with Crippen LogP contribution in [0.25, 0.3) is 0 Å². The summed E-state index contributed by atoms with van der Waals surface area (Å²) < 4.78 is 0. The Morgan fingerprint density at radius 2 is 2.17 bits per heavy atom. The lowest BCUT2D eigenvalue weighted by Crippen LogP contribution is -2.52. The van der Waals surface area contributed by atoms with E-state index in [1.54, 1.807) is 0 Å². The molecule has 0 saturated carbocycles. The van der Waals surface area contributed by atoms with Crippen molar-refractivity contribution in [3.05, 3.63) is 35.9 Å². The second-order valence-electron chi connectivity index (χ2n) is 5.02. The SMILES string of the molecule is CC1CCN(C(=O)NCc2ccccc2)CC1N. The molecule has 4 heteroatoms. The monoisotopic (exact) mass is 247 g/mol. The van der Waals surface area contributed by atoms with Gasteiger partial charge in [0.2, 0.25) is 0 Å². The Kier molecular flexibility index (Phi) is 4.20. The molecule has 1 saturated heterocycles. The van der Waals surface area contributed by atoms with Crippen molar-refractivity contribution in [2.24, 2.45) is 11.7 Å². The van der Waals surface area contributed by atoms with Gasteiger partial charge in [0.25, 0.3) is 0 Å². The number of benzene rings is 1. The Hall–Kier alpha value is -1.55. The molecule has 2 unspecified atom stereocenters. The zero-order chi connectivity index (χ0) is 13.0. The van der Waals surface area contributed by atoms with E-state index < -0.39 is 0 Å². The van der Waals surface area contributed by atoms with Crippen LogP contribution in [0.2, 0.25) is 0 Å². The maximum absolute atomic E-state index is 12.0. The highest BCUT2D eigenvalue weighted by atomic mass is 16.2. The molecule has 1 heterocycles. The van der Waals surface area contributed by atoms with Gasteiger partial charge in [-0.15, -0.1) is 0 Å². The van der Waals surface area contributed by atoms with Gasteiger partial charge in [-0.2, -0.15) is 0 Å². The van der Waals surface area contributed by atoms with E-state index in [1.807, 2.05) is 35.2 Å². The van der Waals surface area contributed by atoms with Crippen LogP contribution in [0.15, 0.2) is 30.3 Å². The predicted molar refractivity (Wildman–Crippen MR) is 72.0 cm³/mol. The Labute approximate surface area is 108 Å². The van der Waals surface area contributed by atoms with Crippen molar-refractivity contribution in [2.45, 2.75) is 25.9 Å². The van der Waals surface area contributed by atoms with Crippen molar-refractivity contribution in [2.75, 3.05) is 13.1 Å². The van der Waals surface area contributed by atoms with Crippen molar-refractivity contribution >= 4 is 6.03 Å². The highest BCUT2D eigenvalue weighted by Gasteiger charge is 2.25. The average Bonchev–Trinajstić information content (AvgIpc) is 2.40. The number of hydrogen-bond donors (Lipinski definition) is 2. The minimum absolute atomic E-state index is 0.0128. The first-order valence-corrected chi connectivity index (χ1v) is 6.49. The van der Waals surface area contributed by atoms with Gasteiger partial charge < -0.3 is 16.0 Å². The largest absolute Gasteiger partial charge is 0.334 e. The molecule has 1 aliphatic heterocycles. The molecule has 0 aliphatic carbocycles. The van der Waals surface area contributed by atoms with E-state index in [0.717, 1.165) is 18.5 Å². The lowest BCUT2D eigenvalue weighted by Gasteiger charge is -2.35. The van der Waals surface area contributed by atoms with E-state index in [-0.39, 0.29) is 12.1 Å². The van der Waals surface area contributed by atoms with Gasteiger partial charge in [0.1, 0.15) is 0 Å². The van der Waals surface area contributed by atoms with Crippen molar-refractivity contribution < 1.29 is 4.79 Å². The molecule has 1 fully saturated rings. The van der Waals surface area contributed by atoms with Gasteiger partial charge in [0.05, 0.1) is 0 Å². The molecular formula is C14H21N3O. The fourth-order valence-electron chi connectivity index (χ4n) is 2.17. The lowest BCUT2D eigenvalue weighted by molar-refractivity contribution is 0.162. The summed E-state index contributed by atoms with van der Waals surface area (Å²) in [6.45, 7) is 4.17. The number of nitrogens with one attached hydrogen (secondary N) is 1. The molecule has 18 heavy (non-hydrogen) atoms. The van der Waals surface area contributed by atoms with Crippen LogP contribution in [0.1, 0.15) is 18.9 Å². The summed E-state index contributed by atoms with van der Waals surface area (Å²) in [5.41, 5.74) is 7.10. The second kappa shape index (κ2) is 5.87. The van der Waals surface area contributed by atoms with Crippen LogP contribution in [0.3, 0.4) is 0 Å². The van der Waals surface area contributed by atoms with Crippen LogP contribution in [-0.2, 0) is 6.54 Å². The molecule has 3 N–H and O–H groups in total. The molecule has 0 bridgehead atoms. The molecule has 0 radical (unpaired) electrons. The van der Waals surface area contributed by atoms with Gasteiger partial charge >= 0.3 is 6.03 Å². The van der Waals surface area contributed by atoms with Gasteiger partial charge in [-0.25, -0.2) is 4.79 Å². The summed E-state index contributed by atoms with van der Waals surface area (Å²) in [6, 6.07) is 10.0. The van der Waals surface area contributed by atoms with Gasteiger partial charge in [-0.05, 0) is 17.9 Å². The van der Waals surface area contributed by atoms with E-state index in [2.05, 4.69) is 12.2 Å². The maximum atomic E-state index is 12.0. The molecule has 1 aromatic rings. The van der Waals surface area contributed by atoms with E-state index in [4.69, 9.17) is 5.73 Å².